The maximum absolute atomic E-state index is 13.2. The van der Waals surface area contributed by atoms with Gasteiger partial charge in [-0.05, 0) is 58.0 Å². The Kier molecular flexibility index (Phi) is 8.99. The minimum atomic E-state index is -0.862. The van der Waals surface area contributed by atoms with Crippen LogP contribution in [0.1, 0.15) is 16.7 Å². The molecule has 1 heterocycles. The lowest BCUT2D eigenvalue weighted by molar-refractivity contribution is -0.123. The molecular formula is C27H25ClN8O3. The van der Waals surface area contributed by atoms with Crippen molar-refractivity contribution in [1.29, 1.82) is 0 Å². The number of primary amides is 1. The number of nitrogens with one attached hydrogen (secondary N) is 3. The number of amides is 4. The van der Waals surface area contributed by atoms with Crippen molar-refractivity contribution < 1.29 is 14.4 Å². The van der Waals surface area contributed by atoms with E-state index >= 15 is 0 Å². The summed E-state index contributed by atoms with van der Waals surface area (Å²) in [6.07, 6.45) is 4.61. The Bertz CT molecular complexity index is 1460. The van der Waals surface area contributed by atoms with E-state index in [1.165, 1.54) is 17.1 Å². The number of rotatable bonds is 10. The second-order valence-electron chi connectivity index (χ2n) is 8.45. The normalized spacial score (nSPS) is 11.6. The van der Waals surface area contributed by atoms with Crippen molar-refractivity contribution in [2.24, 2.45) is 5.73 Å². The van der Waals surface area contributed by atoms with E-state index in [-0.39, 0.29) is 18.9 Å². The highest BCUT2D eigenvalue weighted by atomic mass is 35.5. The fourth-order valence-electron chi connectivity index (χ4n) is 3.71. The number of aromatic nitrogens is 4. The van der Waals surface area contributed by atoms with Gasteiger partial charge in [-0.15, -0.1) is 5.10 Å². The van der Waals surface area contributed by atoms with Crippen LogP contribution in [0, 0.1) is 0 Å². The number of anilines is 1. The molecule has 12 heteroatoms. The van der Waals surface area contributed by atoms with Crippen molar-refractivity contribution in [3.63, 3.8) is 0 Å². The van der Waals surface area contributed by atoms with Gasteiger partial charge < -0.3 is 21.7 Å². The van der Waals surface area contributed by atoms with Crippen LogP contribution in [0.15, 0.2) is 85.2 Å². The van der Waals surface area contributed by atoms with E-state index in [0.29, 0.717) is 22.0 Å². The maximum Gasteiger partial charge on any atom is 0.312 e. The summed E-state index contributed by atoms with van der Waals surface area (Å²) in [5.74, 6) is -0.859. The average molecular weight is 545 g/mol. The monoisotopic (exact) mass is 544 g/mol. The number of tetrazole rings is 1. The molecule has 0 bridgehead atoms. The van der Waals surface area contributed by atoms with Crippen LogP contribution in [-0.2, 0) is 22.6 Å². The van der Waals surface area contributed by atoms with E-state index < -0.39 is 18.0 Å². The number of urea groups is 1. The summed E-state index contributed by atoms with van der Waals surface area (Å²) in [6.45, 7) is 0.268. The standard InChI is InChI=1S/C27H25ClN8O3/c28-21-9-12-24(36-17-31-34-35-36)20(15-21)8-13-25(37)33-23(14-18-4-2-1-3-5-18)26(38)32-22-10-6-19(7-11-22)16-30-27(29)39/h1-13,15,17,23H,14,16H2,(H,32,38)(H,33,37)(H3,29,30,39)/b13-8+/t23-/m0/s1. The zero-order chi connectivity index (χ0) is 27.6. The second kappa shape index (κ2) is 13.0. The summed E-state index contributed by atoms with van der Waals surface area (Å²) in [7, 11) is 0. The molecule has 0 unspecified atom stereocenters. The van der Waals surface area contributed by atoms with Crippen molar-refractivity contribution in [1.82, 2.24) is 30.8 Å². The van der Waals surface area contributed by atoms with Crippen LogP contribution in [0.5, 0.6) is 0 Å². The van der Waals surface area contributed by atoms with Gasteiger partial charge in [-0.25, -0.2) is 4.79 Å². The van der Waals surface area contributed by atoms with Crippen LogP contribution in [0.2, 0.25) is 5.02 Å². The van der Waals surface area contributed by atoms with Crippen molar-refractivity contribution >= 4 is 41.2 Å². The lowest BCUT2D eigenvalue weighted by atomic mass is 10.0. The van der Waals surface area contributed by atoms with E-state index in [2.05, 4.69) is 31.5 Å². The molecule has 39 heavy (non-hydrogen) atoms. The molecule has 0 aliphatic rings. The van der Waals surface area contributed by atoms with Crippen LogP contribution in [0.3, 0.4) is 0 Å². The first-order valence-corrected chi connectivity index (χ1v) is 12.2. The minimum absolute atomic E-state index is 0.268. The van der Waals surface area contributed by atoms with Crippen LogP contribution in [-0.4, -0.2) is 44.1 Å². The quantitative estimate of drug-likeness (QED) is 0.225. The van der Waals surface area contributed by atoms with Crippen LogP contribution < -0.4 is 21.7 Å². The molecule has 0 aliphatic carbocycles. The Morgan fingerprint density at radius 1 is 1.00 bits per heavy atom. The molecule has 0 radical (unpaired) electrons. The van der Waals surface area contributed by atoms with E-state index in [0.717, 1.165) is 11.1 Å². The average Bonchev–Trinajstić information content (AvgIpc) is 3.46. The number of hydrogen-bond acceptors (Lipinski definition) is 6. The predicted molar refractivity (Wildman–Crippen MR) is 147 cm³/mol. The molecule has 3 aromatic carbocycles. The number of nitrogens with two attached hydrogens (primary N) is 1. The summed E-state index contributed by atoms with van der Waals surface area (Å²) in [5.41, 5.74) is 8.57. The summed E-state index contributed by atoms with van der Waals surface area (Å²) in [4.78, 5) is 37.1. The summed E-state index contributed by atoms with van der Waals surface area (Å²) < 4.78 is 1.45. The molecule has 1 aromatic heterocycles. The fourth-order valence-corrected chi connectivity index (χ4v) is 3.89. The van der Waals surface area contributed by atoms with Crippen molar-refractivity contribution in [3.8, 4) is 5.69 Å². The number of carbonyl (C=O) groups excluding carboxylic acids is 3. The third kappa shape index (κ3) is 7.98. The van der Waals surface area contributed by atoms with E-state index in [4.69, 9.17) is 17.3 Å². The minimum Gasteiger partial charge on any atom is -0.352 e. The molecule has 0 saturated heterocycles. The fraction of sp³-hybridized carbons (Fsp3) is 0.111. The molecule has 198 valence electrons. The molecule has 0 fully saturated rings. The third-order valence-electron chi connectivity index (χ3n) is 5.60. The Balaban J connectivity index is 1.48. The molecule has 4 rings (SSSR count). The highest BCUT2D eigenvalue weighted by Gasteiger charge is 2.21. The molecular weight excluding hydrogens is 520 g/mol. The molecule has 0 saturated carbocycles. The van der Waals surface area contributed by atoms with Gasteiger partial charge in [-0.2, -0.15) is 4.68 Å². The topological polar surface area (TPSA) is 157 Å². The molecule has 11 nitrogen and oxygen atoms in total. The lowest BCUT2D eigenvalue weighted by Crippen LogP contribution is -2.44. The van der Waals surface area contributed by atoms with Crippen molar-refractivity contribution in [2.45, 2.75) is 19.0 Å². The van der Waals surface area contributed by atoms with Gasteiger partial charge in [-0.3, -0.25) is 9.59 Å². The first-order chi connectivity index (χ1) is 18.9. The van der Waals surface area contributed by atoms with E-state index in [9.17, 15) is 14.4 Å². The largest absolute Gasteiger partial charge is 0.352 e. The number of hydrogen-bond donors (Lipinski definition) is 4. The zero-order valence-corrected chi connectivity index (χ0v) is 21.4. The molecule has 5 N–H and O–H groups in total. The Labute approximate surface area is 229 Å². The van der Waals surface area contributed by atoms with Crippen molar-refractivity contribution in [3.05, 3.63) is 107 Å². The molecule has 0 spiro atoms. The third-order valence-corrected chi connectivity index (χ3v) is 5.84. The van der Waals surface area contributed by atoms with Crippen LogP contribution in [0.4, 0.5) is 10.5 Å². The van der Waals surface area contributed by atoms with Gasteiger partial charge in [0.25, 0.3) is 0 Å². The Morgan fingerprint density at radius 3 is 2.46 bits per heavy atom. The SMILES string of the molecule is NC(=O)NCc1ccc(NC(=O)[C@H](Cc2ccccc2)NC(=O)/C=C/c2cc(Cl)ccc2-n2cnnn2)cc1. The lowest BCUT2D eigenvalue weighted by Gasteiger charge is -2.18. The summed E-state index contributed by atoms with van der Waals surface area (Å²) in [6, 6.07) is 19.9. The molecule has 4 aromatic rings. The second-order valence-corrected chi connectivity index (χ2v) is 8.88. The van der Waals surface area contributed by atoms with Gasteiger partial charge in [0.15, 0.2) is 0 Å². The van der Waals surface area contributed by atoms with Gasteiger partial charge in [0.05, 0.1) is 5.69 Å². The first-order valence-electron chi connectivity index (χ1n) is 11.9. The zero-order valence-electron chi connectivity index (χ0n) is 20.6. The number of carbonyl (C=O) groups is 3. The number of benzene rings is 3. The Morgan fingerprint density at radius 2 is 1.77 bits per heavy atom. The van der Waals surface area contributed by atoms with Crippen LogP contribution >= 0.6 is 11.6 Å². The number of halogens is 1. The first kappa shape index (κ1) is 27.0. The summed E-state index contributed by atoms with van der Waals surface area (Å²) >= 11 is 6.16. The number of nitrogens with zero attached hydrogens (tertiary/aromatic N) is 4. The highest BCUT2D eigenvalue weighted by Crippen LogP contribution is 2.20. The van der Waals surface area contributed by atoms with Crippen LogP contribution in [0.25, 0.3) is 11.8 Å². The predicted octanol–water partition coefficient (Wildman–Crippen LogP) is 2.86. The Hall–Kier alpha value is -5.03. The molecule has 4 amide bonds. The maximum atomic E-state index is 13.2. The van der Waals surface area contributed by atoms with E-state index in [1.807, 2.05) is 30.3 Å². The van der Waals surface area contributed by atoms with Gasteiger partial charge in [0.1, 0.15) is 12.4 Å². The van der Waals surface area contributed by atoms with Gasteiger partial charge in [-0.1, -0.05) is 54.1 Å². The molecule has 0 aliphatic heterocycles. The van der Waals surface area contributed by atoms with Crippen molar-refractivity contribution in [2.75, 3.05) is 5.32 Å². The van der Waals surface area contributed by atoms with Gasteiger partial charge in [0.2, 0.25) is 11.8 Å². The highest BCUT2D eigenvalue weighted by molar-refractivity contribution is 6.30. The molecule has 1 atom stereocenters. The van der Waals surface area contributed by atoms with Gasteiger partial charge in [0, 0.05) is 35.3 Å². The van der Waals surface area contributed by atoms with Gasteiger partial charge >= 0.3 is 6.03 Å². The summed E-state index contributed by atoms with van der Waals surface area (Å²) in [5, 5.41) is 19.8. The van der Waals surface area contributed by atoms with E-state index in [1.54, 1.807) is 48.5 Å². The smallest absolute Gasteiger partial charge is 0.312 e.